The second kappa shape index (κ2) is 11.7. The van der Waals surface area contributed by atoms with Crippen molar-refractivity contribution in [2.75, 3.05) is 20.3 Å². The van der Waals surface area contributed by atoms with E-state index >= 15 is 0 Å². The summed E-state index contributed by atoms with van der Waals surface area (Å²) in [6.07, 6.45) is -7.84. The molecule has 0 bridgehead atoms. The van der Waals surface area contributed by atoms with Gasteiger partial charge in [-0.2, -0.15) is 13.2 Å². The fourth-order valence-electron chi connectivity index (χ4n) is 4.99. The van der Waals surface area contributed by atoms with Gasteiger partial charge in [0, 0.05) is 6.42 Å². The van der Waals surface area contributed by atoms with Crippen LogP contribution in [0.5, 0.6) is 5.88 Å². The van der Waals surface area contributed by atoms with E-state index in [1.807, 2.05) is 19.1 Å². The lowest BCUT2D eigenvalue weighted by Crippen LogP contribution is -2.64. The van der Waals surface area contributed by atoms with Gasteiger partial charge in [-0.3, -0.25) is 4.68 Å². The molecule has 1 aromatic carbocycles. The van der Waals surface area contributed by atoms with Gasteiger partial charge in [0.1, 0.15) is 37.2 Å². The van der Waals surface area contributed by atoms with Crippen molar-refractivity contribution >= 4 is 6.16 Å². The van der Waals surface area contributed by atoms with E-state index in [0.29, 0.717) is 18.4 Å². The summed E-state index contributed by atoms with van der Waals surface area (Å²) in [5.74, 6) is -3.16. The zero-order valence-corrected chi connectivity index (χ0v) is 21.7. The molecule has 0 spiro atoms. The summed E-state index contributed by atoms with van der Waals surface area (Å²) in [5.41, 5.74) is 0.305. The van der Waals surface area contributed by atoms with Crippen LogP contribution in [0.1, 0.15) is 61.0 Å². The number of aromatic nitrogens is 2. The number of methoxy groups -OCH3 is 1. The number of benzene rings is 1. The minimum Gasteiger partial charge on any atom is -0.438 e. The van der Waals surface area contributed by atoms with Crippen LogP contribution in [-0.4, -0.2) is 75.7 Å². The van der Waals surface area contributed by atoms with Crippen LogP contribution in [0.25, 0.3) is 0 Å². The van der Waals surface area contributed by atoms with Gasteiger partial charge in [-0.05, 0) is 30.4 Å². The summed E-state index contributed by atoms with van der Waals surface area (Å²) < 4.78 is 64.4. The minimum absolute atomic E-state index is 0.202. The first-order chi connectivity index (χ1) is 18.5. The van der Waals surface area contributed by atoms with E-state index in [4.69, 9.17) is 14.2 Å². The highest BCUT2D eigenvalue weighted by molar-refractivity contribution is 5.59. The highest BCUT2D eigenvalue weighted by Gasteiger charge is 2.52. The molecule has 39 heavy (non-hydrogen) atoms. The number of aryl methyl sites for hydroxylation is 1. The SMILES string of the molecule is CCc1ccc(Cc2c(OC3(O)COC(COC(=O)OC)C(O)C3O)nn(C3CCCC3)c2C(F)(F)F)cc1. The number of aliphatic hydroxyl groups excluding tert-OH is 2. The van der Waals surface area contributed by atoms with Crippen molar-refractivity contribution < 1.29 is 52.2 Å². The lowest BCUT2D eigenvalue weighted by atomic mass is 9.97. The van der Waals surface area contributed by atoms with Gasteiger partial charge in [-0.15, -0.1) is 5.10 Å². The van der Waals surface area contributed by atoms with Gasteiger partial charge in [0.2, 0.25) is 5.88 Å². The maximum atomic E-state index is 14.5. The second-order valence-corrected chi connectivity index (χ2v) is 9.86. The van der Waals surface area contributed by atoms with E-state index in [2.05, 4.69) is 9.84 Å². The third kappa shape index (κ3) is 6.32. The van der Waals surface area contributed by atoms with Crippen LogP contribution in [0.2, 0.25) is 0 Å². The number of nitrogens with zero attached hydrogens (tertiary/aromatic N) is 2. The predicted molar refractivity (Wildman–Crippen MR) is 129 cm³/mol. The molecule has 4 atom stereocenters. The summed E-state index contributed by atoms with van der Waals surface area (Å²) in [4.78, 5) is 11.2. The molecule has 1 saturated heterocycles. The van der Waals surface area contributed by atoms with Crippen LogP contribution in [0.3, 0.4) is 0 Å². The zero-order valence-electron chi connectivity index (χ0n) is 21.7. The molecule has 0 amide bonds. The second-order valence-electron chi connectivity index (χ2n) is 9.86. The van der Waals surface area contributed by atoms with Crippen LogP contribution >= 0.6 is 0 Å². The van der Waals surface area contributed by atoms with E-state index in [1.165, 1.54) is 0 Å². The first kappa shape index (κ1) is 29.1. The van der Waals surface area contributed by atoms with Gasteiger partial charge < -0.3 is 34.3 Å². The quantitative estimate of drug-likeness (QED) is 0.330. The molecule has 4 rings (SSSR count). The Hall–Kier alpha value is -2.87. The fourth-order valence-corrected chi connectivity index (χ4v) is 4.99. The highest BCUT2D eigenvalue weighted by Crippen LogP contribution is 2.43. The van der Waals surface area contributed by atoms with Gasteiger partial charge in [0.15, 0.2) is 0 Å². The summed E-state index contributed by atoms with van der Waals surface area (Å²) in [7, 11) is 1.08. The molecule has 1 aliphatic heterocycles. The Morgan fingerprint density at radius 3 is 2.41 bits per heavy atom. The minimum atomic E-state index is -4.78. The van der Waals surface area contributed by atoms with Crippen LogP contribution in [0.4, 0.5) is 18.0 Å². The number of carbonyl (C=O) groups excluding carboxylic acids is 1. The summed E-state index contributed by atoms with van der Waals surface area (Å²) in [6.45, 7) is 0.713. The van der Waals surface area contributed by atoms with Crippen molar-refractivity contribution in [3.63, 3.8) is 0 Å². The molecule has 1 aliphatic carbocycles. The van der Waals surface area contributed by atoms with E-state index < -0.39 is 67.3 Å². The molecule has 2 aromatic rings. The molecule has 1 aromatic heterocycles. The number of halogens is 3. The maximum absolute atomic E-state index is 14.5. The first-order valence-electron chi connectivity index (χ1n) is 12.8. The lowest BCUT2D eigenvalue weighted by Gasteiger charge is -2.42. The third-order valence-corrected chi connectivity index (χ3v) is 7.20. The number of rotatable bonds is 8. The van der Waals surface area contributed by atoms with Crippen molar-refractivity contribution in [1.29, 1.82) is 0 Å². The Labute approximate surface area is 223 Å². The Kier molecular flexibility index (Phi) is 8.74. The van der Waals surface area contributed by atoms with Gasteiger partial charge in [0.25, 0.3) is 5.79 Å². The van der Waals surface area contributed by atoms with Crippen molar-refractivity contribution in [1.82, 2.24) is 9.78 Å². The molecule has 2 aliphatic rings. The lowest BCUT2D eigenvalue weighted by molar-refractivity contribution is -0.308. The molecule has 3 N–H and O–H groups in total. The predicted octanol–water partition coefficient (Wildman–Crippen LogP) is 3.14. The third-order valence-electron chi connectivity index (χ3n) is 7.20. The number of aliphatic hydroxyl groups is 3. The van der Waals surface area contributed by atoms with Crippen LogP contribution in [0, 0.1) is 0 Å². The Morgan fingerprint density at radius 1 is 1.18 bits per heavy atom. The average Bonchev–Trinajstić information content (AvgIpc) is 3.56. The molecule has 10 nitrogen and oxygen atoms in total. The standard InChI is InChI=1S/C26H33F3N2O8/c1-3-15-8-10-16(11-9-15)12-18-21(26(27,28)29)31(17-6-4-5-7-17)30-23(18)39-25(35)14-38-19(20(32)22(25)33)13-37-24(34)36-2/h8-11,17,19-20,22,32-33,35H,3-7,12-14H2,1-2H3. The molecular weight excluding hydrogens is 525 g/mol. The number of ether oxygens (including phenoxy) is 4. The fraction of sp³-hybridized carbons (Fsp3) is 0.615. The normalized spacial score (nSPS) is 26.0. The van der Waals surface area contributed by atoms with Crippen molar-refractivity contribution in [3.05, 3.63) is 46.6 Å². The van der Waals surface area contributed by atoms with Crippen molar-refractivity contribution in [2.24, 2.45) is 0 Å². The zero-order chi connectivity index (χ0) is 28.4. The number of hydrogen-bond donors (Lipinski definition) is 3. The van der Waals surface area contributed by atoms with E-state index in [9.17, 15) is 33.3 Å². The van der Waals surface area contributed by atoms with Gasteiger partial charge in [-0.25, -0.2) is 4.79 Å². The summed E-state index contributed by atoms with van der Waals surface area (Å²) >= 11 is 0. The van der Waals surface area contributed by atoms with E-state index in [0.717, 1.165) is 36.6 Å². The molecular formula is C26H33F3N2O8. The molecule has 0 radical (unpaired) electrons. The molecule has 13 heteroatoms. The van der Waals surface area contributed by atoms with E-state index in [-0.39, 0.29) is 12.0 Å². The van der Waals surface area contributed by atoms with Crippen LogP contribution in [0.15, 0.2) is 24.3 Å². The Bertz CT molecular complexity index is 1130. The molecule has 4 unspecified atom stereocenters. The number of hydrogen-bond acceptors (Lipinski definition) is 9. The van der Waals surface area contributed by atoms with E-state index in [1.54, 1.807) is 12.1 Å². The van der Waals surface area contributed by atoms with Gasteiger partial charge in [0.05, 0.1) is 18.7 Å². The maximum Gasteiger partial charge on any atom is 0.508 e. The largest absolute Gasteiger partial charge is 0.508 e. The molecule has 2 heterocycles. The Balaban J connectivity index is 1.68. The van der Waals surface area contributed by atoms with Crippen molar-refractivity contribution in [2.45, 2.75) is 81.8 Å². The van der Waals surface area contributed by atoms with Gasteiger partial charge in [-0.1, -0.05) is 44.0 Å². The highest BCUT2D eigenvalue weighted by atomic mass is 19.4. The molecule has 1 saturated carbocycles. The number of carbonyl (C=O) groups is 1. The Morgan fingerprint density at radius 2 is 1.82 bits per heavy atom. The average molecular weight is 559 g/mol. The molecule has 2 fully saturated rings. The van der Waals surface area contributed by atoms with Crippen molar-refractivity contribution in [3.8, 4) is 5.88 Å². The number of alkyl halides is 3. The van der Waals surface area contributed by atoms with Crippen LogP contribution in [-0.2, 0) is 33.2 Å². The molecule has 216 valence electrons. The summed E-state index contributed by atoms with van der Waals surface area (Å²) in [5, 5.41) is 36.5. The topological polar surface area (TPSA) is 133 Å². The smallest absolute Gasteiger partial charge is 0.438 e. The first-order valence-corrected chi connectivity index (χ1v) is 12.8. The monoisotopic (exact) mass is 558 g/mol. The van der Waals surface area contributed by atoms with Crippen LogP contribution < -0.4 is 4.74 Å². The summed E-state index contributed by atoms with van der Waals surface area (Å²) in [6, 6.07) is 6.58. The van der Waals surface area contributed by atoms with Gasteiger partial charge >= 0.3 is 12.3 Å².